The molecule has 3 rings (SSSR count). The SMILES string of the molecule is O=C(O)OC1CC(=O)N(c2ccc(OCc3cccc(F)c3)cc2)C1. The quantitative estimate of drug-likeness (QED) is 0.842. The number of carbonyl (C=O) groups excluding carboxylic acids is 1. The van der Waals surface area contributed by atoms with Gasteiger partial charge in [0.2, 0.25) is 5.91 Å². The van der Waals surface area contributed by atoms with Gasteiger partial charge in [-0.15, -0.1) is 0 Å². The van der Waals surface area contributed by atoms with Crippen molar-refractivity contribution >= 4 is 17.7 Å². The molecule has 130 valence electrons. The number of halogens is 1. The van der Waals surface area contributed by atoms with Gasteiger partial charge >= 0.3 is 6.16 Å². The summed E-state index contributed by atoms with van der Waals surface area (Å²) in [5.41, 5.74) is 1.35. The molecular formula is C18H16FNO5. The Morgan fingerprint density at radius 2 is 2.00 bits per heavy atom. The fraction of sp³-hybridized carbons (Fsp3) is 0.222. The average Bonchev–Trinajstić information content (AvgIpc) is 2.93. The predicted molar refractivity (Wildman–Crippen MR) is 87.0 cm³/mol. The molecule has 1 fully saturated rings. The van der Waals surface area contributed by atoms with Crippen LogP contribution in [-0.2, 0) is 16.1 Å². The Labute approximate surface area is 143 Å². The van der Waals surface area contributed by atoms with Crippen LogP contribution in [0.5, 0.6) is 5.75 Å². The molecule has 0 spiro atoms. The molecule has 1 aliphatic rings. The highest BCUT2D eigenvalue weighted by Gasteiger charge is 2.33. The number of amides is 1. The van der Waals surface area contributed by atoms with E-state index < -0.39 is 12.3 Å². The molecule has 0 radical (unpaired) electrons. The van der Waals surface area contributed by atoms with E-state index in [1.165, 1.54) is 17.0 Å². The second kappa shape index (κ2) is 7.21. The molecule has 1 amide bonds. The van der Waals surface area contributed by atoms with Crippen LogP contribution in [0.2, 0.25) is 0 Å². The second-order valence-electron chi connectivity index (χ2n) is 5.63. The summed E-state index contributed by atoms with van der Waals surface area (Å²) in [6, 6.07) is 13.0. The number of hydrogen-bond donors (Lipinski definition) is 1. The van der Waals surface area contributed by atoms with Crippen LogP contribution in [0.4, 0.5) is 14.9 Å². The molecule has 1 aliphatic heterocycles. The Hall–Kier alpha value is -3.09. The minimum absolute atomic E-state index is 0.0319. The standard InChI is InChI=1S/C18H16FNO5/c19-13-3-1-2-12(8-13)11-24-15-6-4-14(5-7-15)20-10-16(9-17(20)21)25-18(22)23/h1-8,16H,9-11H2,(H,22,23). The van der Waals surface area contributed by atoms with E-state index in [0.717, 1.165) is 0 Å². The van der Waals surface area contributed by atoms with Crippen molar-refractivity contribution in [2.24, 2.45) is 0 Å². The van der Waals surface area contributed by atoms with Gasteiger partial charge in [-0.2, -0.15) is 0 Å². The van der Waals surface area contributed by atoms with E-state index in [0.29, 0.717) is 17.0 Å². The maximum Gasteiger partial charge on any atom is 0.506 e. The normalized spacial score (nSPS) is 16.8. The number of nitrogens with zero attached hydrogens (tertiary/aromatic N) is 1. The van der Waals surface area contributed by atoms with E-state index in [1.54, 1.807) is 36.4 Å². The van der Waals surface area contributed by atoms with E-state index in [-0.39, 0.29) is 31.3 Å². The molecule has 2 aromatic rings. The van der Waals surface area contributed by atoms with Crippen molar-refractivity contribution in [3.8, 4) is 5.75 Å². The Morgan fingerprint density at radius 1 is 1.24 bits per heavy atom. The molecule has 1 unspecified atom stereocenters. The third-order valence-electron chi connectivity index (χ3n) is 3.80. The Balaban J connectivity index is 1.60. The molecule has 2 aromatic carbocycles. The third kappa shape index (κ3) is 4.26. The van der Waals surface area contributed by atoms with Crippen LogP contribution in [0.3, 0.4) is 0 Å². The number of ether oxygens (including phenoxy) is 2. The van der Waals surface area contributed by atoms with Crippen molar-refractivity contribution in [2.75, 3.05) is 11.4 Å². The van der Waals surface area contributed by atoms with Gasteiger partial charge in [-0.1, -0.05) is 12.1 Å². The summed E-state index contributed by atoms with van der Waals surface area (Å²) >= 11 is 0. The zero-order valence-electron chi connectivity index (χ0n) is 13.2. The fourth-order valence-electron chi connectivity index (χ4n) is 2.66. The van der Waals surface area contributed by atoms with Crippen LogP contribution in [0.15, 0.2) is 48.5 Å². The van der Waals surface area contributed by atoms with Crippen molar-refractivity contribution in [1.29, 1.82) is 0 Å². The first-order valence-corrected chi connectivity index (χ1v) is 7.68. The molecule has 1 N–H and O–H groups in total. The smallest absolute Gasteiger partial charge is 0.489 e. The highest BCUT2D eigenvalue weighted by Crippen LogP contribution is 2.25. The van der Waals surface area contributed by atoms with Crippen LogP contribution < -0.4 is 9.64 Å². The van der Waals surface area contributed by atoms with Crippen molar-refractivity contribution < 1.29 is 28.6 Å². The van der Waals surface area contributed by atoms with Crippen molar-refractivity contribution in [2.45, 2.75) is 19.1 Å². The molecule has 6 nitrogen and oxygen atoms in total. The largest absolute Gasteiger partial charge is 0.506 e. The Morgan fingerprint density at radius 3 is 2.68 bits per heavy atom. The topological polar surface area (TPSA) is 76.1 Å². The minimum Gasteiger partial charge on any atom is -0.489 e. The molecule has 0 bridgehead atoms. The molecule has 1 atom stereocenters. The van der Waals surface area contributed by atoms with Crippen molar-refractivity contribution in [3.05, 3.63) is 59.9 Å². The zero-order chi connectivity index (χ0) is 17.8. The number of rotatable bonds is 5. The van der Waals surface area contributed by atoms with E-state index in [1.807, 2.05) is 0 Å². The summed E-state index contributed by atoms with van der Waals surface area (Å²) in [7, 11) is 0. The number of carboxylic acid groups (broad SMARTS) is 1. The monoisotopic (exact) mass is 345 g/mol. The zero-order valence-corrected chi connectivity index (χ0v) is 13.2. The summed E-state index contributed by atoms with van der Waals surface area (Å²) in [5, 5.41) is 8.63. The number of benzene rings is 2. The van der Waals surface area contributed by atoms with E-state index in [9.17, 15) is 14.0 Å². The lowest BCUT2D eigenvalue weighted by Crippen LogP contribution is -2.26. The van der Waals surface area contributed by atoms with Gasteiger partial charge in [-0.3, -0.25) is 4.79 Å². The van der Waals surface area contributed by atoms with Gasteiger partial charge in [0.05, 0.1) is 13.0 Å². The second-order valence-corrected chi connectivity index (χ2v) is 5.63. The molecule has 0 aliphatic carbocycles. The molecule has 1 heterocycles. The van der Waals surface area contributed by atoms with Crippen molar-refractivity contribution in [1.82, 2.24) is 0 Å². The Kier molecular flexibility index (Phi) is 4.83. The van der Waals surface area contributed by atoms with Gasteiger partial charge in [0, 0.05) is 5.69 Å². The van der Waals surface area contributed by atoms with Gasteiger partial charge < -0.3 is 19.5 Å². The summed E-state index contributed by atoms with van der Waals surface area (Å²) in [6.45, 7) is 0.420. The first kappa shape index (κ1) is 16.8. The third-order valence-corrected chi connectivity index (χ3v) is 3.80. The summed E-state index contributed by atoms with van der Waals surface area (Å²) in [6.07, 6.45) is -2.01. The first-order valence-electron chi connectivity index (χ1n) is 7.68. The molecule has 25 heavy (non-hydrogen) atoms. The highest BCUT2D eigenvalue weighted by molar-refractivity contribution is 5.96. The molecule has 1 saturated heterocycles. The fourth-order valence-corrected chi connectivity index (χ4v) is 2.66. The summed E-state index contributed by atoms with van der Waals surface area (Å²) in [5.74, 6) is 0.0693. The van der Waals surface area contributed by atoms with Gasteiger partial charge in [0.1, 0.15) is 24.3 Å². The molecule has 0 aromatic heterocycles. The lowest BCUT2D eigenvalue weighted by Gasteiger charge is -2.17. The maximum absolute atomic E-state index is 13.1. The van der Waals surface area contributed by atoms with Gasteiger partial charge in [0.25, 0.3) is 0 Å². The average molecular weight is 345 g/mol. The Bertz CT molecular complexity index is 777. The molecular weight excluding hydrogens is 329 g/mol. The van der Waals surface area contributed by atoms with Crippen molar-refractivity contribution in [3.63, 3.8) is 0 Å². The first-order chi connectivity index (χ1) is 12.0. The van der Waals surface area contributed by atoms with Gasteiger partial charge in [-0.05, 0) is 42.0 Å². The number of hydrogen-bond acceptors (Lipinski definition) is 4. The molecule has 0 saturated carbocycles. The van der Waals surface area contributed by atoms with E-state index >= 15 is 0 Å². The lowest BCUT2D eigenvalue weighted by molar-refractivity contribution is -0.117. The summed E-state index contributed by atoms with van der Waals surface area (Å²) < 4.78 is 23.4. The predicted octanol–water partition coefficient (Wildman–Crippen LogP) is 3.20. The summed E-state index contributed by atoms with van der Waals surface area (Å²) in [4.78, 5) is 24.0. The van der Waals surface area contributed by atoms with Gasteiger partial charge in [0.15, 0.2) is 0 Å². The number of carbonyl (C=O) groups is 2. The van der Waals surface area contributed by atoms with Crippen LogP contribution in [-0.4, -0.2) is 29.8 Å². The van der Waals surface area contributed by atoms with E-state index in [2.05, 4.69) is 4.74 Å². The van der Waals surface area contributed by atoms with Crippen LogP contribution >= 0.6 is 0 Å². The molecule has 7 heteroatoms. The lowest BCUT2D eigenvalue weighted by atomic mass is 10.2. The highest BCUT2D eigenvalue weighted by atomic mass is 19.1. The maximum atomic E-state index is 13.1. The minimum atomic E-state index is -1.39. The van der Waals surface area contributed by atoms with Crippen LogP contribution in [0.25, 0.3) is 0 Å². The van der Waals surface area contributed by atoms with Crippen LogP contribution in [0.1, 0.15) is 12.0 Å². The number of anilines is 1. The van der Waals surface area contributed by atoms with E-state index in [4.69, 9.17) is 9.84 Å². The van der Waals surface area contributed by atoms with Crippen LogP contribution in [0, 0.1) is 5.82 Å². The van der Waals surface area contributed by atoms with Gasteiger partial charge in [-0.25, -0.2) is 9.18 Å².